The highest BCUT2D eigenvalue weighted by atomic mass is 35.5. The summed E-state index contributed by atoms with van der Waals surface area (Å²) in [7, 11) is -2.88. The quantitative estimate of drug-likeness (QED) is 0.422. The van der Waals surface area contributed by atoms with Crippen LogP contribution in [-0.2, 0) is 36.1 Å². The van der Waals surface area contributed by atoms with Crippen molar-refractivity contribution < 1.29 is 32.2 Å². The van der Waals surface area contributed by atoms with Crippen molar-refractivity contribution in [2.45, 2.75) is 67.9 Å². The predicted octanol–water partition coefficient (Wildman–Crippen LogP) is 4.73. The molecule has 1 saturated carbocycles. The van der Waals surface area contributed by atoms with Gasteiger partial charge >= 0.3 is 6.09 Å². The maximum Gasteiger partial charge on any atom is 0.407 e. The van der Waals surface area contributed by atoms with Crippen LogP contribution in [0.15, 0.2) is 53.4 Å². The Bertz CT molecular complexity index is 1630. The van der Waals surface area contributed by atoms with E-state index >= 15 is 0 Å². The van der Waals surface area contributed by atoms with Crippen molar-refractivity contribution in [3.8, 4) is 5.75 Å². The molecule has 12 heteroatoms. The lowest BCUT2D eigenvalue weighted by molar-refractivity contribution is -0.139. The van der Waals surface area contributed by atoms with Crippen molar-refractivity contribution in [2.24, 2.45) is 11.8 Å². The Morgan fingerprint density at radius 2 is 2.00 bits per heavy atom. The van der Waals surface area contributed by atoms with E-state index in [2.05, 4.69) is 21.0 Å². The second-order valence-electron chi connectivity index (χ2n) is 13.1. The van der Waals surface area contributed by atoms with E-state index in [1.165, 1.54) is 38.2 Å². The zero-order valence-electron chi connectivity index (χ0n) is 25.8. The van der Waals surface area contributed by atoms with E-state index in [0.717, 1.165) is 32.1 Å². The van der Waals surface area contributed by atoms with Crippen molar-refractivity contribution in [2.75, 3.05) is 38.3 Å². The zero-order chi connectivity index (χ0) is 32.0. The minimum absolute atomic E-state index is 0.0341. The molecule has 1 fully saturated rings. The van der Waals surface area contributed by atoms with Crippen molar-refractivity contribution in [3.63, 3.8) is 0 Å². The molecule has 2 amide bonds. The minimum atomic E-state index is -4.22. The molecule has 0 aromatic heterocycles. The molecule has 4 aliphatic rings. The first kappa shape index (κ1) is 31.7. The molecule has 1 spiro atoms. The molecule has 10 nitrogen and oxygen atoms in total. The molecule has 2 aromatic carbocycles. The van der Waals surface area contributed by atoms with Gasteiger partial charge in [0.1, 0.15) is 11.4 Å². The Labute approximate surface area is 269 Å². The van der Waals surface area contributed by atoms with Crippen molar-refractivity contribution in [1.29, 1.82) is 0 Å². The number of nitrogens with zero attached hydrogens (tertiary/aromatic N) is 1. The average molecular weight is 658 g/mol. The number of carbonyl (C=O) groups is 2. The third-order valence-corrected chi connectivity index (χ3v) is 11.4. The SMILES string of the molecule is COC(=O)N[C@@H]1/C=C/COC(C)(C)C(=O)NS(=O)(=O)c2ccc3c(c2)N(C[C@@H]2CC[C@H]21)C[C@@]1(CCCc2cc(Cl)ccc21)CO3. The maximum absolute atomic E-state index is 13.5. The number of hydrogen-bond donors (Lipinski definition) is 2. The minimum Gasteiger partial charge on any atom is -0.490 e. The third kappa shape index (κ3) is 6.26. The van der Waals surface area contributed by atoms with Crippen LogP contribution in [0.25, 0.3) is 0 Å². The third-order valence-electron chi connectivity index (χ3n) is 9.84. The highest BCUT2D eigenvalue weighted by molar-refractivity contribution is 7.90. The number of halogens is 1. The number of methoxy groups -OCH3 is 1. The Hall–Kier alpha value is -3.28. The van der Waals surface area contributed by atoms with Crippen LogP contribution in [-0.4, -0.2) is 65.5 Å². The Balaban J connectivity index is 1.44. The van der Waals surface area contributed by atoms with Crippen LogP contribution in [0.3, 0.4) is 0 Å². The molecule has 2 aliphatic carbocycles. The van der Waals surface area contributed by atoms with Gasteiger partial charge in [0.15, 0.2) is 0 Å². The molecule has 2 N–H and O–H groups in total. The number of amides is 2. The van der Waals surface area contributed by atoms with Gasteiger partial charge in [-0.25, -0.2) is 17.9 Å². The molecule has 242 valence electrons. The molecule has 45 heavy (non-hydrogen) atoms. The summed E-state index contributed by atoms with van der Waals surface area (Å²) in [4.78, 5) is 27.7. The predicted molar refractivity (Wildman–Crippen MR) is 170 cm³/mol. The lowest BCUT2D eigenvalue weighted by Gasteiger charge is -2.46. The second-order valence-corrected chi connectivity index (χ2v) is 15.2. The molecular weight excluding hydrogens is 618 g/mol. The van der Waals surface area contributed by atoms with E-state index in [-0.39, 0.29) is 34.8 Å². The number of ether oxygens (including phenoxy) is 3. The highest BCUT2D eigenvalue weighted by Gasteiger charge is 2.45. The lowest BCUT2D eigenvalue weighted by Crippen LogP contribution is -2.52. The van der Waals surface area contributed by atoms with E-state index in [4.69, 9.17) is 25.8 Å². The monoisotopic (exact) mass is 657 g/mol. The number of aryl methyl sites for hydroxylation is 1. The second kappa shape index (κ2) is 12.1. The summed E-state index contributed by atoms with van der Waals surface area (Å²) in [5.41, 5.74) is 1.30. The van der Waals surface area contributed by atoms with Gasteiger partial charge < -0.3 is 24.4 Å². The number of sulfonamides is 1. The Morgan fingerprint density at radius 3 is 2.76 bits per heavy atom. The van der Waals surface area contributed by atoms with Crippen molar-refractivity contribution in [1.82, 2.24) is 10.0 Å². The van der Waals surface area contributed by atoms with Gasteiger partial charge in [0.25, 0.3) is 15.9 Å². The van der Waals surface area contributed by atoms with Gasteiger partial charge in [0.05, 0.1) is 36.9 Å². The molecule has 4 atom stereocenters. The smallest absolute Gasteiger partial charge is 0.407 e. The fourth-order valence-electron chi connectivity index (χ4n) is 7.16. The number of fused-ring (bicyclic) bond motifs is 4. The molecule has 2 heterocycles. The first-order valence-electron chi connectivity index (χ1n) is 15.4. The summed E-state index contributed by atoms with van der Waals surface area (Å²) in [6.45, 7) is 4.75. The zero-order valence-corrected chi connectivity index (χ0v) is 27.4. The van der Waals surface area contributed by atoms with Gasteiger partial charge in [-0.15, -0.1) is 0 Å². The summed E-state index contributed by atoms with van der Waals surface area (Å²) >= 11 is 6.40. The van der Waals surface area contributed by atoms with Gasteiger partial charge in [0, 0.05) is 23.5 Å². The van der Waals surface area contributed by atoms with Gasteiger partial charge in [-0.3, -0.25) is 4.79 Å². The number of rotatable bonds is 1. The summed E-state index contributed by atoms with van der Waals surface area (Å²) in [6.07, 6.45) is 7.78. The molecular formula is C33H40ClN3O7S. The average Bonchev–Trinajstić information content (AvgIpc) is 3.13. The maximum atomic E-state index is 13.5. The normalized spacial score (nSPS) is 29.5. The molecule has 6 rings (SSSR count). The molecule has 2 bridgehead atoms. The molecule has 0 radical (unpaired) electrons. The van der Waals surface area contributed by atoms with Crippen LogP contribution in [0, 0.1) is 11.8 Å². The van der Waals surface area contributed by atoms with E-state index in [1.807, 2.05) is 18.2 Å². The highest BCUT2D eigenvalue weighted by Crippen LogP contribution is 2.47. The van der Waals surface area contributed by atoms with Crippen LogP contribution in [0.2, 0.25) is 5.02 Å². The number of benzene rings is 2. The summed E-state index contributed by atoms with van der Waals surface area (Å²) in [5.74, 6) is 0.101. The molecule has 2 aromatic rings. The van der Waals surface area contributed by atoms with Crippen LogP contribution in [0.1, 0.15) is 50.7 Å². The van der Waals surface area contributed by atoms with E-state index in [0.29, 0.717) is 36.2 Å². The Kier molecular flexibility index (Phi) is 8.56. The van der Waals surface area contributed by atoms with Gasteiger partial charge in [-0.1, -0.05) is 29.8 Å². The lowest BCUT2D eigenvalue weighted by atomic mass is 9.68. The van der Waals surface area contributed by atoms with Gasteiger partial charge in [-0.2, -0.15) is 0 Å². The topological polar surface area (TPSA) is 123 Å². The first-order valence-corrected chi connectivity index (χ1v) is 17.3. The van der Waals surface area contributed by atoms with E-state index in [9.17, 15) is 18.0 Å². The molecule has 2 aliphatic heterocycles. The van der Waals surface area contributed by atoms with Crippen LogP contribution < -0.4 is 19.7 Å². The van der Waals surface area contributed by atoms with E-state index in [1.54, 1.807) is 18.2 Å². The van der Waals surface area contributed by atoms with E-state index < -0.39 is 27.6 Å². The van der Waals surface area contributed by atoms with Crippen LogP contribution in [0.5, 0.6) is 5.75 Å². The van der Waals surface area contributed by atoms with Crippen molar-refractivity contribution in [3.05, 3.63) is 64.7 Å². The standard InChI is InChI=1S/C33H40ClN3O7S/c1-32(2)30(38)36-45(40,41)24-10-13-29-28(17-24)37(18-22-8-11-25(22)27(7-5-15-44-32)35-31(39)42-3)19-33(20-43-29)14-4-6-21-16-23(34)9-12-26(21)33/h5,7,9-10,12-13,16-17,22,25,27H,4,6,8,11,14-15,18-20H2,1-3H3,(H,35,39)(H,36,38)/b7-5+/t22-,25+,27+,33-/m0/s1. The fraction of sp³-hybridized carbons (Fsp3) is 0.515. The number of hydrogen-bond acceptors (Lipinski definition) is 8. The van der Waals surface area contributed by atoms with Gasteiger partial charge in [0.2, 0.25) is 0 Å². The summed E-state index contributed by atoms with van der Waals surface area (Å²) in [5, 5.41) is 3.68. The van der Waals surface area contributed by atoms with Crippen molar-refractivity contribution >= 4 is 39.3 Å². The number of nitrogens with one attached hydrogen (secondary N) is 2. The fourth-order valence-corrected chi connectivity index (χ4v) is 8.48. The first-order chi connectivity index (χ1) is 21.4. The van der Waals surface area contributed by atoms with Crippen LogP contribution in [0.4, 0.5) is 10.5 Å². The number of anilines is 1. The summed E-state index contributed by atoms with van der Waals surface area (Å²) in [6, 6.07) is 10.5. The largest absolute Gasteiger partial charge is 0.490 e. The van der Waals surface area contributed by atoms with Gasteiger partial charge in [-0.05, 0) is 99.2 Å². The molecule has 0 unspecified atom stereocenters. The summed E-state index contributed by atoms with van der Waals surface area (Å²) < 4.78 is 46.5. The Morgan fingerprint density at radius 1 is 1.18 bits per heavy atom. The van der Waals surface area contributed by atoms with Crippen LogP contribution >= 0.6 is 11.6 Å². The number of carbonyl (C=O) groups excluding carboxylic acids is 2. The molecule has 0 saturated heterocycles. The number of alkyl carbamates (subject to hydrolysis) is 1.